The molecule has 2 N–H and O–H groups in total. The van der Waals surface area contributed by atoms with Crippen LogP contribution in [0.1, 0.15) is 25.5 Å². The van der Waals surface area contributed by atoms with Crippen LogP contribution in [0.5, 0.6) is 5.75 Å². The highest BCUT2D eigenvalue weighted by Gasteiger charge is 2.31. The Morgan fingerprint density at radius 3 is 2.81 bits per heavy atom. The van der Waals surface area contributed by atoms with Crippen LogP contribution in [0.25, 0.3) is 10.9 Å². The number of aromatic nitrogens is 1. The molecule has 2 aromatic rings. The van der Waals surface area contributed by atoms with Crippen molar-refractivity contribution < 1.29 is 19.0 Å². The Balaban J connectivity index is 0.00000210. The predicted octanol–water partition coefficient (Wildman–Crippen LogP) is 2.53. The highest BCUT2D eigenvalue weighted by molar-refractivity contribution is 5.90. The smallest absolute Gasteiger partial charge is 0.449 e. The summed E-state index contributed by atoms with van der Waals surface area (Å²) >= 11 is 0. The van der Waals surface area contributed by atoms with Crippen LogP contribution in [0.15, 0.2) is 17.1 Å². The number of nitrogens with one attached hydrogen (secondary N) is 1. The van der Waals surface area contributed by atoms with Gasteiger partial charge in [-0.25, -0.2) is 9.18 Å². The number of hydrogen-bond donors (Lipinski definition) is 2. The molecule has 1 saturated heterocycles. The molecule has 146 valence electrons. The van der Waals surface area contributed by atoms with Gasteiger partial charge >= 0.3 is 6.16 Å². The summed E-state index contributed by atoms with van der Waals surface area (Å²) < 4.78 is 21.5. The van der Waals surface area contributed by atoms with Gasteiger partial charge < -0.3 is 24.6 Å². The van der Waals surface area contributed by atoms with Crippen LogP contribution in [0, 0.1) is 5.82 Å². The number of rotatable bonds is 2. The number of carboxylic acid groups (broad SMARTS) is 1. The molecule has 2 aliphatic rings. The number of halogens is 2. The molecule has 27 heavy (non-hydrogen) atoms. The lowest BCUT2D eigenvalue weighted by Gasteiger charge is -2.35. The van der Waals surface area contributed by atoms with E-state index >= 15 is 4.39 Å². The molecule has 2 aliphatic heterocycles. The first-order chi connectivity index (χ1) is 12.4. The Morgan fingerprint density at radius 2 is 2.15 bits per heavy atom. The van der Waals surface area contributed by atoms with Gasteiger partial charge in [0.2, 0.25) is 5.43 Å². The highest BCUT2D eigenvalue weighted by Crippen LogP contribution is 2.40. The van der Waals surface area contributed by atoms with E-state index in [-0.39, 0.29) is 35.6 Å². The molecule has 4 rings (SSSR count). The molecule has 3 heterocycles. The van der Waals surface area contributed by atoms with Crippen LogP contribution in [0.2, 0.25) is 0 Å². The Hall–Kier alpha value is -2.32. The summed E-state index contributed by atoms with van der Waals surface area (Å²) in [6.45, 7) is 6.16. The number of pyridine rings is 1. The molecule has 9 heteroatoms. The maximum absolute atomic E-state index is 15.0. The van der Waals surface area contributed by atoms with Crippen molar-refractivity contribution in [2.24, 2.45) is 0 Å². The normalized spacial score (nSPS) is 21.2. The Labute approximate surface area is 161 Å². The van der Waals surface area contributed by atoms with Crippen LogP contribution >= 0.6 is 12.4 Å². The van der Waals surface area contributed by atoms with Crippen molar-refractivity contribution in [2.45, 2.75) is 32.4 Å². The van der Waals surface area contributed by atoms with Crippen molar-refractivity contribution in [2.75, 3.05) is 24.5 Å². The number of ether oxygens (including phenoxy) is 1. The third-order valence-corrected chi connectivity index (χ3v) is 5.16. The highest BCUT2D eigenvalue weighted by atomic mass is 35.5. The monoisotopic (exact) mass is 397 g/mol. The summed E-state index contributed by atoms with van der Waals surface area (Å²) in [5, 5.41) is 12.3. The van der Waals surface area contributed by atoms with Crippen molar-refractivity contribution in [3.8, 4) is 5.75 Å². The van der Waals surface area contributed by atoms with E-state index in [1.165, 1.54) is 12.3 Å². The fourth-order valence-corrected chi connectivity index (χ4v) is 4.11. The lowest BCUT2D eigenvalue weighted by Crippen LogP contribution is -2.49. The summed E-state index contributed by atoms with van der Waals surface area (Å²) in [7, 11) is 0. The van der Waals surface area contributed by atoms with Gasteiger partial charge in [-0.2, -0.15) is 0 Å². The van der Waals surface area contributed by atoms with E-state index in [1.54, 1.807) is 0 Å². The molecule has 1 fully saturated rings. The molecular formula is C18H21ClFN3O4. The largest absolute Gasteiger partial charge is 0.511 e. The molecule has 0 bridgehead atoms. The van der Waals surface area contributed by atoms with Crippen molar-refractivity contribution in [1.29, 1.82) is 0 Å². The van der Waals surface area contributed by atoms with Crippen molar-refractivity contribution in [1.82, 2.24) is 9.88 Å². The Bertz CT molecular complexity index is 977. The minimum absolute atomic E-state index is 0. The molecule has 0 amide bonds. The lowest BCUT2D eigenvalue weighted by atomic mass is 10.0. The van der Waals surface area contributed by atoms with Gasteiger partial charge in [0.05, 0.1) is 22.8 Å². The zero-order valence-corrected chi connectivity index (χ0v) is 15.8. The number of nitrogens with zero attached hydrogens (tertiary/aromatic N) is 2. The maximum atomic E-state index is 15.0. The lowest BCUT2D eigenvalue weighted by molar-refractivity contribution is 0.143. The van der Waals surface area contributed by atoms with E-state index in [4.69, 9.17) is 5.11 Å². The van der Waals surface area contributed by atoms with Gasteiger partial charge in [0.25, 0.3) is 0 Å². The molecular weight excluding hydrogens is 377 g/mol. The molecule has 0 saturated carbocycles. The summed E-state index contributed by atoms with van der Waals surface area (Å²) in [5.41, 5.74) is 1.42. The zero-order valence-electron chi connectivity index (χ0n) is 15.0. The number of piperazine rings is 1. The first-order valence-electron chi connectivity index (χ1n) is 8.66. The summed E-state index contributed by atoms with van der Waals surface area (Å²) in [4.78, 5) is 25.5. The third kappa shape index (κ3) is 3.12. The topological polar surface area (TPSA) is 83.8 Å². The molecule has 1 aromatic heterocycles. The zero-order chi connectivity index (χ0) is 18.6. The van der Waals surface area contributed by atoms with Gasteiger partial charge in [0.15, 0.2) is 5.75 Å². The Kier molecular flexibility index (Phi) is 5.05. The van der Waals surface area contributed by atoms with Gasteiger partial charge in [0, 0.05) is 37.3 Å². The van der Waals surface area contributed by atoms with E-state index in [0.717, 1.165) is 12.1 Å². The van der Waals surface area contributed by atoms with Crippen LogP contribution in [0.4, 0.5) is 14.9 Å². The van der Waals surface area contributed by atoms with Gasteiger partial charge in [-0.05, 0) is 26.3 Å². The first-order valence-corrected chi connectivity index (χ1v) is 8.66. The second-order valence-electron chi connectivity index (χ2n) is 7.03. The molecule has 7 nitrogen and oxygen atoms in total. The number of carbonyl (C=O) groups is 1. The van der Waals surface area contributed by atoms with Gasteiger partial charge in [-0.15, -0.1) is 12.4 Å². The molecule has 0 aliphatic carbocycles. The second kappa shape index (κ2) is 7.01. The van der Waals surface area contributed by atoms with Crippen LogP contribution < -0.4 is 20.4 Å². The number of benzene rings is 1. The molecule has 0 spiro atoms. The fourth-order valence-electron chi connectivity index (χ4n) is 4.11. The predicted molar refractivity (Wildman–Crippen MR) is 102 cm³/mol. The van der Waals surface area contributed by atoms with Crippen LogP contribution in [0.3, 0.4) is 0 Å². The summed E-state index contributed by atoms with van der Waals surface area (Å²) in [5.74, 6) is -0.750. The van der Waals surface area contributed by atoms with E-state index < -0.39 is 17.4 Å². The molecule has 2 unspecified atom stereocenters. The Morgan fingerprint density at radius 1 is 1.41 bits per heavy atom. The fraction of sp³-hybridized carbons (Fsp3) is 0.444. The van der Waals surface area contributed by atoms with Crippen molar-refractivity contribution in [3.63, 3.8) is 0 Å². The summed E-state index contributed by atoms with van der Waals surface area (Å²) in [6.07, 6.45) is 0.437. The second-order valence-corrected chi connectivity index (χ2v) is 7.03. The van der Waals surface area contributed by atoms with Gasteiger partial charge in [0.1, 0.15) is 5.82 Å². The number of hydrogen-bond acceptors (Lipinski definition) is 5. The molecule has 2 atom stereocenters. The first kappa shape index (κ1) is 19.4. The van der Waals surface area contributed by atoms with Gasteiger partial charge in [-0.1, -0.05) is 0 Å². The minimum Gasteiger partial charge on any atom is -0.449 e. The SMILES string of the molecule is CC1CN(c2c(F)cc3c(=O)c(OC(=O)O)cn4c3c2CC4C)CCN1.Cl. The van der Waals surface area contributed by atoms with Crippen LogP contribution in [-0.2, 0) is 6.42 Å². The van der Waals surface area contributed by atoms with Crippen molar-refractivity contribution in [3.05, 3.63) is 33.9 Å². The van der Waals surface area contributed by atoms with E-state index in [9.17, 15) is 9.59 Å². The third-order valence-electron chi connectivity index (χ3n) is 5.16. The average Bonchev–Trinajstić information content (AvgIpc) is 2.88. The quantitative estimate of drug-likeness (QED) is 0.758. The van der Waals surface area contributed by atoms with Crippen LogP contribution in [-0.4, -0.2) is 41.5 Å². The molecule has 0 radical (unpaired) electrons. The van der Waals surface area contributed by atoms with E-state index in [1.807, 2.05) is 16.4 Å². The number of anilines is 1. The van der Waals surface area contributed by atoms with E-state index in [0.29, 0.717) is 30.7 Å². The molecule has 1 aromatic carbocycles. The van der Waals surface area contributed by atoms with Gasteiger partial charge in [-0.3, -0.25) is 4.79 Å². The average molecular weight is 398 g/mol. The standard InChI is InChI=1S/C18H20FN3O4.ClH/c1-9-7-21(4-3-20-9)16-11-5-10(2)22-8-14(26-18(24)25)17(23)12(15(11)22)6-13(16)19;/h6,8-10,20H,3-5,7H2,1-2H3,(H,24,25);1H. The maximum Gasteiger partial charge on any atom is 0.511 e. The van der Waals surface area contributed by atoms with E-state index in [2.05, 4.69) is 17.0 Å². The van der Waals surface area contributed by atoms with Crippen molar-refractivity contribution >= 4 is 35.2 Å². The summed E-state index contributed by atoms with van der Waals surface area (Å²) in [6, 6.07) is 1.44. The minimum atomic E-state index is -1.56.